The van der Waals surface area contributed by atoms with Crippen molar-refractivity contribution >= 4 is 14.3 Å². The Balaban J connectivity index is 1.36. The molecule has 1 saturated heterocycles. The van der Waals surface area contributed by atoms with E-state index >= 15 is 0 Å². The van der Waals surface area contributed by atoms with Crippen molar-refractivity contribution in [1.82, 2.24) is 14.2 Å². The fourth-order valence-corrected chi connectivity index (χ4v) is 8.95. The van der Waals surface area contributed by atoms with Gasteiger partial charge in [-0.25, -0.2) is 9.46 Å². The molecule has 0 radical (unpaired) electrons. The number of benzene rings is 4. The van der Waals surface area contributed by atoms with Gasteiger partial charge in [-0.15, -0.1) is 0 Å². The van der Waals surface area contributed by atoms with Gasteiger partial charge in [-0.05, 0) is 68.1 Å². The first-order valence-corrected chi connectivity index (χ1v) is 20.5. The summed E-state index contributed by atoms with van der Waals surface area (Å²) >= 11 is 0. The molecule has 1 fully saturated rings. The van der Waals surface area contributed by atoms with Crippen LogP contribution in [-0.2, 0) is 30.7 Å². The van der Waals surface area contributed by atoms with Crippen LogP contribution in [0, 0.1) is 11.3 Å². The van der Waals surface area contributed by atoms with Crippen molar-refractivity contribution in [1.29, 1.82) is 5.26 Å². The van der Waals surface area contributed by atoms with Crippen molar-refractivity contribution in [3.8, 4) is 11.8 Å². The van der Waals surface area contributed by atoms with E-state index in [0.29, 0.717) is 18.8 Å². The lowest BCUT2D eigenvalue weighted by atomic mass is 9.80. The summed E-state index contributed by atoms with van der Waals surface area (Å²) in [4.78, 5) is 18.0. The van der Waals surface area contributed by atoms with Gasteiger partial charge in [0.2, 0.25) is 0 Å². The Bertz CT molecular complexity index is 2030. The van der Waals surface area contributed by atoms with Crippen LogP contribution in [0.15, 0.2) is 132 Å². The lowest BCUT2D eigenvalue weighted by Crippen LogP contribution is -2.39. The molecular weight excluding hydrogens is 737 g/mol. The highest BCUT2D eigenvalue weighted by Gasteiger charge is 2.45. The standard InChI is InChI=1S/C45H52N5O6P/c1-33(2)50(34(3)4)57(54-29-15-27-46)56-40-30-43(49-28-26-42(48-44(49)51)47-31-35-16-9-6-10-17-35)55-41(40)32-53-45(36-18-11-7-12-19-36,37-20-13-8-14-21-37)38-22-24-39(52-5)25-23-38/h6-14,16-26,28,33-34,40-41,43H,15,29-32H2,1-5H3,(H,47,48,51)/t40-,41-,43-,57?/m1/s1. The molecule has 298 valence electrons. The SMILES string of the molecule is COc1ccc(C(OC[C@H]2O[C@@H](n3ccc(NCc4ccccc4)nc3=O)C[C@H]2OP(OCCC#N)N(C(C)C)C(C)C)(c2ccccc2)c2ccccc2)cc1. The number of anilines is 1. The van der Waals surface area contributed by atoms with Gasteiger partial charge in [0.15, 0.2) is 0 Å². The van der Waals surface area contributed by atoms with E-state index in [9.17, 15) is 10.1 Å². The van der Waals surface area contributed by atoms with E-state index in [1.165, 1.54) is 4.57 Å². The normalized spacial score (nSPS) is 17.5. The zero-order chi connectivity index (χ0) is 40.2. The van der Waals surface area contributed by atoms with Crippen LogP contribution < -0.4 is 15.7 Å². The molecule has 1 unspecified atom stereocenters. The molecule has 0 aliphatic carbocycles. The monoisotopic (exact) mass is 789 g/mol. The average molecular weight is 790 g/mol. The molecule has 0 saturated carbocycles. The van der Waals surface area contributed by atoms with Crippen LogP contribution in [-0.4, -0.2) is 58.8 Å². The molecule has 1 N–H and O–H groups in total. The minimum absolute atomic E-state index is 0.0904. The Morgan fingerprint density at radius 1 is 0.895 bits per heavy atom. The second-order valence-corrected chi connectivity index (χ2v) is 15.8. The maximum absolute atomic E-state index is 13.6. The number of aromatic nitrogens is 2. The molecule has 1 aliphatic heterocycles. The van der Waals surface area contributed by atoms with Crippen molar-refractivity contribution in [3.05, 3.63) is 160 Å². The molecule has 4 aromatic carbocycles. The quantitative estimate of drug-likeness (QED) is 0.0494. The molecule has 57 heavy (non-hydrogen) atoms. The summed E-state index contributed by atoms with van der Waals surface area (Å²) in [5.41, 5.74) is 2.34. The van der Waals surface area contributed by atoms with Crippen LogP contribution in [0.25, 0.3) is 0 Å². The first-order chi connectivity index (χ1) is 27.7. The highest BCUT2D eigenvalue weighted by atomic mass is 31.2. The number of methoxy groups -OCH3 is 1. The van der Waals surface area contributed by atoms with Gasteiger partial charge in [0.25, 0.3) is 8.53 Å². The van der Waals surface area contributed by atoms with Crippen LogP contribution in [0.5, 0.6) is 5.75 Å². The summed E-state index contributed by atoms with van der Waals surface area (Å²) in [6, 6.07) is 42.2. The van der Waals surface area contributed by atoms with Crippen molar-refractivity contribution in [2.24, 2.45) is 0 Å². The zero-order valence-corrected chi connectivity index (χ0v) is 34.1. The number of nitriles is 1. The van der Waals surface area contributed by atoms with E-state index in [2.05, 4.69) is 73.0 Å². The van der Waals surface area contributed by atoms with Gasteiger partial charge in [0.1, 0.15) is 29.5 Å². The van der Waals surface area contributed by atoms with E-state index in [1.54, 1.807) is 19.4 Å². The van der Waals surface area contributed by atoms with Crippen LogP contribution in [0.3, 0.4) is 0 Å². The van der Waals surface area contributed by atoms with E-state index < -0.39 is 38.3 Å². The molecule has 0 spiro atoms. The van der Waals surface area contributed by atoms with Crippen molar-refractivity contribution < 1.29 is 23.3 Å². The number of hydrogen-bond donors (Lipinski definition) is 1. The smallest absolute Gasteiger partial charge is 0.351 e. The average Bonchev–Trinajstić information content (AvgIpc) is 3.63. The van der Waals surface area contributed by atoms with E-state index in [0.717, 1.165) is 28.0 Å². The number of ether oxygens (including phenoxy) is 3. The summed E-state index contributed by atoms with van der Waals surface area (Å²) in [5, 5.41) is 12.6. The molecule has 6 rings (SSSR count). The molecule has 5 aromatic rings. The molecule has 0 amide bonds. The van der Waals surface area contributed by atoms with E-state index in [4.69, 9.17) is 23.3 Å². The summed E-state index contributed by atoms with van der Waals surface area (Å²) < 4.78 is 36.6. The minimum atomic E-state index is -1.64. The highest BCUT2D eigenvalue weighted by molar-refractivity contribution is 7.44. The van der Waals surface area contributed by atoms with Gasteiger partial charge in [-0.3, -0.25) is 4.57 Å². The first-order valence-electron chi connectivity index (χ1n) is 19.4. The number of rotatable bonds is 19. The molecule has 2 heterocycles. The van der Waals surface area contributed by atoms with Crippen LogP contribution in [0.2, 0.25) is 0 Å². The van der Waals surface area contributed by atoms with E-state index in [1.807, 2.05) is 91.0 Å². The Labute approximate surface area is 337 Å². The van der Waals surface area contributed by atoms with E-state index in [-0.39, 0.29) is 31.7 Å². The molecule has 0 bridgehead atoms. The fraction of sp³-hybridized carbons (Fsp3) is 0.356. The highest BCUT2D eigenvalue weighted by Crippen LogP contribution is 2.50. The third kappa shape index (κ3) is 10.2. The molecule has 4 atom stereocenters. The summed E-state index contributed by atoms with van der Waals surface area (Å²) in [6.07, 6.45) is 0.401. The number of hydrogen-bond acceptors (Lipinski definition) is 10. The molecular formula is C45H52N5O6P. The Morgan fingerprint density at radius 3 is 2.05 bits per heavy atom. The molecule has 11 nitrogen and oxygen atoms in total. The summed E-state index contributed by atoms with van der Waals surface area (Å²) in [6.45, 7) is 9.25. The Kier molecular flexibility index (Phi) is 14.6. The van der Waals surface area contributed by atoms with Gasteiger partial charge in [-0.2, -0.15) is 10.2 Å². The third-order valence-corrected chi connectivity index (χ3v) is 12.0. The minimum Gasteiger partial charge on any atom is -0.497 e. The first kappa shape index (κ1) is 41.7. The maximum atomic E-state index is 13.6. The van der Waals surface area contributed by atoms with Gasteiger partial charge < -0.3 is 28.6 Å². The second kappa shape index (κ2) is 20.0. The van der Waals surface area contributed by atoms with Crippen molar-refractivity contribution in [2.75, 3.05) is 25.6 Å². The fourth-order valence-electron chi connectivity index (χ4n) is 7.19. The largest absolute Gasteiger partial charge is 0.497 e. The van der Waals surface area contributed by atoms with Gasteiger partial charge in [-0.1, -0.05) is 103 Å². The van der Waals surface area contributed by atoms with Gasteiger partial charge in [0.05, 0.1) is 38.9 Å². The van der Waals surface area contributed by atoms with Gasteiger partial charge >= 0.3 is 5.69 Å². The molecule has 1 aromatic heterocycles. The van der Waals surface area contributed by atoms with Crippen molar-refractivity contribution in [3.63, 3.8) is 0 Å². The predicted octanol–water partition coefficient (Wildman–Crippen LogP) is 8.82. The van der Waals surface area contributed by atoms with Crippen LogP contribution in [0.1, 0.15) is 69.0 Å². The Hall–Kier alpha value is -4.92. The lowest BCUT2D eigenvalue weighted by Gasteiger charge is -2.39. The third-order valence-electron chi connectivity index (χ3n) is 9.85. The predicted molar refractivity (Wildman–Crippen MR) is 223 cm³/mol. The van der Waals surface area contributed by atoms with Crippen LogP contribution >= 0.6 is 8.53 Å². The van der Waals surface area contributed by atoms with Gasteiger partial charge in [0, 0.05) is 31.2 Å². The topological polar surface area (TPSA) is 120 Å². The lowest BCUT2D eigenvalue weighted by molar-refractivity contribution is -0.0925. The Morgan fingerprint density at radius 2 is 1.49 bits per heavy atom. The number of nitrogens with one attached hydrogen (secondary N) is 1. The second-order valence-electron chi connectivity index (χ2n) is 14.3. The molecule has 1 aliphatic rings. The summed E-state index contributed by atoms with van der Waals surface area (Å²) in [7, 11) is 0.0118. The zero-order valence-electron chi connectivity index (χ0n) is 33.2. The van der Waals surface area contributed by atoms with Crippen LogP contribution in [0.4, 0.5) is 5.82 Å². The molecule has 12 heteroatoms. The summed E-state index contributed by atoms with van der Waals surface area (Å²) in [5.74, 6) is 1.20. The van der Waals surface area contributed by atoms with Crippen molar-refractivity contribution in [2.45, 2.75) is 83.2 Å². The number of nitrogens with zero attached hydrogens (tertiary/aromatic N) is 4. The maximum Gasteiger partial charge on any atom is 0.351 e.